The molecule has 3 N–H and O–H groups in total. The van der Waals surface area contributed by atoms with Crippen molar-refractivity contribution < 1.29 is 19.2 Å². The van der Waals surface area contributed by atoms with Crippen molar-refractivity contribution in [2.45, 2.75) is 0 Å². The monoisotopic (exact) mass is 330 g/mol. The van der Waals surface area contributed by atoms with Gasteiger partial charge in [0.05, 0.1) is 31.9 Å². The number of piperazine rings is 1. The van der Waals surface area contributed by atoms with E-state index in [1.165, 1.54) is 17.0 Å². The molecule has 0 aromatic heterocycles. The summed E-state index contributed by atoms with van der Waals surface area (Å²) in [6, 6.07) is 13.2. The number of nitrogens with zero attached hydrogens (tertiary/aromatic N) is 1. The Morgan fingerprint density at radius 1 is 1.17 bits per heavy atom. The van der Waals surface area contributed by atoms with Crippen LogP contribution in [0.4, 0.5) is 15.8 Å². The number of halogens is 1. The van der Waals surface area contributed by atoms with E-state index in [-0.39, 0.29) is 17.5 Å². The molecule has 1 amide bonds. The van der Waals surface area contributed by atoms with Gasteiger partial charge in [-0.2, -0.15) is 0 Å². The second-order valence-electron chi connectivity index (χ2n) is 5.96. The number of aromatic hydroxyl groups is 1. The van der Waals surface area contributed by atoms with Gasteiger partial charge in [-0.3, -0.25) is 4.79 Å². The predicted octanol–water partition coefficient (Wildman–Crippen LogP) is 0.875. The van der Waals surface area contributed by atoms with Crippen LogP contribution < -0.4 is 15.1 Å². The van der Waals surface area contributed by atoms with Crippen molar-refractivity contribution in [3.8, 4) is 5.75 Å². The summed E-state index contributed by atoms with van der Waals surface area (Å²) in [5.41, 5.74) is 1.31. The van der Waals surface area contributed by atoms with Crippen molar-refractivity contribution in [1.29, 1.82) is 0 Å². The van der Waals surface area contributed by atoms with E-state index in [1.54, 1.807) is 24.3 Å². The molecule has 1 heterocycles. The molecule has 0 saturated carbocycles. The molecule has 0 bridgehead atoms. The Labute approximate surface area is 140 Å². The third-order valence-electron chi connectivity index (χ3n) is 4.21. The topological polar surface area (TPSA) is 57.0 Å². The van der Waals surface area contributed by atoms with E-state index in [2.05, 4.69) is 10.2 Å². The van der Waals surface area contributed by atoms with Gasteiger partial charge in [0, 0.05) is 5.69 Å². The summed E-state index contributed by atoms with van der Waals surface area (Å²) in [5.74, 6) is -0.201. The molecule has 1 aliphatic heterocycles. The van der Waals surface area contributed by atoms with E-state index in [0.717, 1.165) is 31.9 Å². The molecule has 0 radical (unpaired) electrons. The van der Waals surface area contributed by atoms with Gasteiger partial charge < -0.3 is 20.2 Å². The van der Waals surface area contributed by atoms with Crippen LogP contribution in [0.5, 0.6) is 5.75 Å². The minimum atomic E-state index is -0.364. The van der Waals surface area contributed by atoms with E-state index in [9.17, 15) is 14.3 Å². The van der Waals surface area contributed by atoms with Crippen molar-refractivity contribution in [2.24, 2.45) is 0 Å². The average Bonchev–Trinajstić information content (AvgIpc) is 2.56. The van der Waals surface area contributed by atoms with Gasteiger partial charge >= 0.3 is 0 Å². The lowest BCUT2D eigenvalue weighted by atomic mass is 10.2. The number of anilines is 2. The summed E-state index contributed by atoms with van der Waals surface area (Å²) in [6.07, 6.45) is 0. The van der Waals surface area contributed by atoms with Crippen molar-refractivity contribution in [3.05, 3.63) is 54.3 Å². The quantitative estimate of drug-likeness (QED) is 0.780. The smallest absolute Gasteiger partial charge is 0.279 e. The lowest BCUT2D eigenvalue weighted by Crippen LogP contribution is -3.15. The lowest BCUT2D eigenvalue weighted by Gasteiger charge is -2.33. The SMILES string of the molecule is O=C(C[NH+]1CCN(c2ccccc2O)CC1)Nc1cccc(F)c1. The van der Waals surface area contributed by atoms with Crippen molar-refractivity contribution >= 4 is 17.3 Å². The zero-order valence-corrected chi connectivity index (χ0v) is 13.3. The normalized spacial score (nSPS) is 15.3. The van der Waals surface area contributed by atoms with Crippen LogP contribution in [0.15, 0.2) is 48.5 Å². The number of phenols is 1. The highest BCUT2D eigenvalue weighted by atomic mass is 19.1. The summed E-state index contributed by atoms with van der Waals surface area (Å²) in [5, 5.41) is 12.6. The number of benzene rings is 2. The third-order valence-corrected chi connectivity index (χ3v) is 4.21. The standard InChI is InChI=1S/C18H20FN3O2/c19-14-4-3-5-15(12-14)20-18(24)13-21-8-10-22(11-9-21)16-6-1-2-7-17(16)23/h1-7,12,23H,8-11,13H2,(H,20,24)/p+1. The molecule has 0 spiro atoms. The van der Waals surface area contributed by atoms with E-state index >= 15 is 0 Å². The Kier molecular flexibility index (Phi) is 4.96. The number of amides is 1. The van der Waals surface area contributed by atoms with Crippen molar-refractivity contribution in [3.63, 3.8) is 0 Å². The molecule has 2 aromatic carbocycles. The van der Waals surface area contributed by atoms with Crippen LogP contribution in [0.2, 0.25) is 0 Å². The fourth-order valence-electron chi connectivity index (χ4n) is 2.97. The Hall–Kier alpha value is -2.60. The molecule has 0 unspecified atom stereocenters. The van der Waals surface area contributed by atoms with Gasteiger partial charge in [-0.25, -0.2) is 4.39 Å². The number of para-hydroxylation sites is 2. The second-order valence-corrected chi connectivity index (χ2v) is 5.96. The van der Waals surface area contributed by atoms with E-state index in [1.807, 2.05) is 12.1 Å². The maximum atomic E-state index is 13.1. The summed E-state index contributed by atoms with van der Waals surface area (Å²) in [7, 11) is 0. The van der Waals surface area contributed by atoms with Crippen molar-refractivity contribution in [1.82, 2.24) is 0 Å². The van der Waals surface area contributed by atoms with Gasteiger partial charge in [0.1, 0.15) is 11.6 Å². The minimum absolute atomic E-state index is 0.119. The van der Waals surface area contributed by atoms with Crippen LogP contribution in [-0.2, 0) is 4.79 Å². The number of hydrogen-bond donors (Lipinski definition) is 3. The second kappa shape index (κ2) is 7.31. The Morgan fingerprint density at radius 3 is 2.62 bits per heavy atom. The minimum Gasteiger partial charge on any atom is -0.506 e. The third kappa shape index (κ3) is 4.02. The van der Waals surface area contributed by atoms with E-state index in [4.69, 9.17) is 0 Å². The molecule has 126 valence electrons. The molecule has 1 aliphatic rings. The van der Waals surface area contributed by atoms with Crippen LogP contribution >= 0.6 is 0 Å². The zero-order valence-electron chi connectivity index (χ0n) is 13.3. The van der Waals surface area contributed by atoms with Gasteiger partial charge in [0.15, 0.2) is 6.54 Å². The molecule has 2 aromatic rings. The first-order valence-corrected chi connectivity index (χ1v) is 8.04. The maximum Gasteiger partial charge on any atom is 0.279 e. The van der Waals surface area contributed by atoms with Crippen LogP contribution in [0, 0.1) is 5.82 Å². The van der Waals surface area contributed by atoms with Gasteiger partial charge in [-0.15, -0.1) is 0 Å². The van der Waals surface area contributed by atoms with Gasteiger partial charge in [-0.05, 0) is 30.3 Å². The first-order valence-electron chi connectivity index (χ1n) is 8.04. The molecular formula is C18H21FN3O2+. The fraction of sp³-hybridized carbons (Fsp3) is 0.278. The lowest BCUT2D eigenvalue weighted by molar-refractivity contribution is -0.892. The number of rotatable bonds is 4. The highest BCUT2D eigenvalue weighted by molar-refractivity contribution is 5.91. The van der Waals surface area contributed by atoms with Crippen LogP contribution in [0.1, 0.15) is 0 Å². The van der Waals surface area contributed by atoms with E-state index < -0.39 is 0 Å². The molecule has 0 aliphatic carbocycles. The Bertz CT molecular complexity index is 715. The molecule has 24 heavy (non-hydrogen) atoms. The Morgan fingerprint density at radius 2 is 1.92 bits per heavy atom. The van der Waals surface area contributed by atoms with Crippen LogP contribution in [0.3, 0.4) is 0 Å². The summed E-state index contributed by atoms with van der Waals surface area (Å²) < 4.78 is 13.1. The predicted molar refractivity (Wildman–Crippen MR) is 90.9 cm³/mol. The number of carbonyl (C=O) groups is 1. The number of phenolic OH excluding ortho intramolecular Hbond substituents is 1. The Balaban J connectivity index is 1.50. The zero-order chi connectivity index (χ0) is 16.9. The van der Waals surface area contributed by atoms with Crippen LogP contribution in [0.25, 0.3) is 0 Å². The first-order chi connectivity index (χ1) is 11.6. The van der Waals surface area contributed by atoms with Gasteiger partial charge in [0.2, 0.25) is 0 Å². The molecule has 0 atom stereocenters. The number of carbonyl (C=O) groups excluding carboxylic acids is 1. The summed E-state index contributed by atoms with van der Waals surface area (Å²) >= 11 is 0. The molecule has 1 saturated heterocycles. The number of hydrogen-bond acceptors (Lipinski definition) is 3. The summed E-state index contributed by atoms with van der Waals surface area (Å²) in [6.45, 7) is 3.53. The average molecular weight is 330 g/mol. The highest BCUT2D eigenvalue weighted by Crippen LogP contribution is 2.25. The highest BCUT2D eigenvalue weighted by Gasteiger charge is 2.23. The fourth-order valence-corrected chi connectivity index (χ4v) is 2.97. The molecule has 6 heteroatoms. The molecule has 5 nitrogen and oxygen atoms in total. The molecule has 3 rings (SSSR count). The maximum absolute atomic E-state index is 13.1. The number of nitrogens with one attached hydrogen (secondary N) is 2. The summed E-state index contributed by atoms with van der Waals surface area (Å²) in [4.78, 5) is 15.4. The molecular weight excluding hydrogens is 309 g/mol. The van der Waals surface area contributed by atoms with E-state index in [0.29, 0.717) is 12.2 Å². The van der Waals surface area contributed by atoms with Gasteiger partial charge in [0.25, 0.3) is 5.91 Å². The first kappa shape index (κ1) is 16.3. The largest absolute Gasteiger partial charge is 0.506 e. The number of quaternary nitrogens is 1. The van der Waals surface area contributed by atoms with Crippen LogP contribution in [-0.4, -0.2) is 43.7 Å². The van der Waals surface area contributed by atoms with Crippen molar-refractivity contribution in [2.75, 3.05) is 42.9 Å². The van der Waals surface area contributed by atoms with Gasteiger partial charge in [-0.1, -0.05) is 18.2 Å². The molecule has 1 fully saturated rings.